The van der Waals surface area contributed by atoms with Gasteiger partial charge in [0.15, 0.2) is 0 Å². The van der Waals surface area contributed by atoms with Gasteiger partial charge >= 0.3 is 13.1 Å². The highest BCUT2D eigenvalue weighted by molar-refractivity contribution is 6.53. The van der Waals surface area contributed by atoms with Gasteiger partial charge in [-0.1, -0.05) is 13.0 Å². The van der Waals surface area contributed by atoms with E-state index in [4.69, 9.17) is 9.31 Å². The predicted molar refractivity (Wildman–Crippen MR) is 71.1 cm³/mol. The average Bonchev–Trinajstić information content (AvgIpc) is 2.47. The summed E-state index contributed by atoms with van der Waals surface area (Å²) in [4.78, 5) is 11.1. The second kappa shape index (κ2) is 5.63. The van der Waals surface area contributed by atoms with Crippen LogP contribution in [0.5, 0.6) is 0 Å². The van der Waals surface area contributed by atoms with Crippen molar-refractivity contribution in [2.24, 2.45) is 5.92 Å². The normalized spacial score (nSPS) is 23.3. The summed E-state index contributed by atoms with van der Waals surface area (Å²) in [6, 6.07) is 0. The van der Waals surface area contributed by atoms with Crippen LogP contribution in [0.15, 0.2) is 11.8 Å². The number of rotatable bonds is 4. The lowest BCUT2D eigenvalue weighted by Gasteiger charge is -2.32. The van der Waals surface area contributed by atoms with Crippen molar-refractivity contribution in [3.63, 3.8) is 0 Å². The lowest BCUT2D eigenvalue weighted by atomic mass is 9.85. The van der Waals surface area contributed by atoms with Gasteiger partial charge in [-0.2, -0.15) is 0 Å². The molecule has 0 amide bonds. The van der Waals surface area contributed by atoms with Gasteiger partial charge in [-0.15, -0.1) is 0 Å². The number of hydrogen-bond donors (Lipinski definition) is 0. The maximum atomic E-state index is 14.1. The zero-order valence-corrected chi connectivity index (χ0v) is 12.5. The Morgan fingerprint density at radius 1 is 1.32 bits per heavy atom. The molecule has 0 bridgehead atoms. The number of esters is 1. The van der Waals surface area contributed by atoms with E-state index in [-0.39, 0.29) is 18.3 Å². The van der Waals surface area contributed by atoms with Crippen molar-refractivity contribution in [3.8, 4) is 0 Å². The molecule has 1 rings (SSSR count). The number of hydrogen-bond acceptors (Lipinski definition) is 4. The Labute approximate surface area is 114 Å². The molecule has 0 aromatic carbocycles. The highest BCUT2D eigenvalue weighted by Crippen LogP contribution is 2.38. The van der Waals surface area contributed by atoms with Gasteiger partial charge < -0.3 is 14.0 Å². The Morgan fingerprint density at radius 2 is 1.79 bits per heavy atom. The van der Waals surface area contributed by atoms with E-state index in [2.05, 4.69) is 4.74 Å². The zero-order valence-electron chi connectivity index (χ0n) is 12.5. The molecular weight excluding hydrogens is 250 g/mol. The molecule has 1 aliphatic rings. The quantitative estimate of drug-likeness (QED) is 0.583. The second-order valence-electron chi connectivity index (χ2n) is 5.90. The SMILES string of the molecule is COC(=O)CC(C)C=C(F)B1OC(C)(C)C(C)(C)O1. The van der Waals surface area contributed by atoms with Gasteiger partial charge in [-0.3, -0.25) is 4.79 Å². The lowest BCUT2D eigenvalue weighted by Crippen LogP contribution is -2.41. The molecule has 6 heteroatoms. The fraction of sp³-hybridized carbons (Fsp3) is 0.769. The molecule has 1 saturated heterocycles. The Hall–Kier alpha value is -0.875. The number of ether oxygens (including phenoxy) is 1. The van der Waals surface area contributed by atoms with Crippen molar-refractivity contribution in [3.05, 3.63) is 11.8 Å². The number of halogens is 1. The zero-order chi connectivity index (χ0) is 14.8. The molecule has 0 spiro atoms. The van der Waals surface area contributed by atoms with Gasteiger partial charge in [0.2, 0.25) is 0 Å². The second-order valence-corrected chi connectivity index (χ2v) is 5.90. The van der Waals surface area contributed by atoms with E-state index in [1.807, 2.05) is 27.7 Å². The number of carbonyl (C=O) groups excluding carboxylic acids is 1. The fourth-order valence-electron chi connectivity index (χ4n) is 1.71. The van der Waals surface area contributed by atoms with Crippen LogP contribution < -0.4 is 0 Å². The molecule has 1 fully saturated rings. The highest BCUT2D eigenvalue weighted by Gasteiger charge is 2.53. The van der Waals surface area contributed by atoms with Crippen LogP contribution in [0.3, 0.4) is 0 Å². The van der Waals surface area contributed by atoms with E-state index < -0.39 is 24.0 Å². The third-order valence-corrected chi connectivity index (χ3v) is 3.64. The van der Waals surface area contributed by atoms with Crippen LogP contribution in [0.1, 0.15) is 41.0 Å². The Balaban J connectivity index is 2.69. The molecule has 0 N–H and O–H groups in total. The van der Waals surface area contributed by atoms with E-state index in [1.54, 1.807) is 6.92 Å². The molecule has 108 valence electrons. The predicted octanol–water partition coefficient (Wildman–Crippen LogP) is 2.67. The van der Waals surface area contributed by atoms with Crippen LogP contribution >= 0.6 is 0 Å². The largest absolute Gasteiger partial charge is 0.524 e. The summed E-state index contributed by atoms with van der Waals surface area (Å²) in [6.07, 6.45) is 1.47. The highest BCUT2D eigenvalue weighted by atomic mass is 19.1. The first-order chi connectivity index (χ1) is 8.59. The lowest BCUT2D eigenvalue weighted by molar-refractivity contribution is -0.141. The number of methoxy groups -OCH3 is 1. The van der Waals surface area contributed by atoms with Crippen molar-refractivity contribution in [2.45, 2.75) is 52.2 Å². The summed E-state index contributed by atoms with van der Waals surface area (Å²) in [5.41, 5.74) is -1.65. The Kier molecular flexibility index (Phi) is 4.79. The summed E-state index contributed by atoms with van der Waals surface area (Å²) in [5.74, 6) is -0.642. The number of carbonyl (C=O) groups is 1. The third-order valence-electron chi connectivity index (χ3n) is 3.64. The Bertz CT molecular complexity index is 363. The van der Waals surface area contributed by atoms with Gasteiger partial charge in [0.25, 0.3) is 0 Å². The molecule has 4 nitrogen and oxygen atoms in total. The van der Waals surface area contributed by atoms with Crippen molar-refractivity contribution in [2.75, 3.05) is 7.11 Å². The first-order valence-corrected chi connectivity index (χ1v) is 6.38. The summed E-state index contributed by atoms with van der Waals surface area (Å²) >= 11 is 0. The summed E-state index contributed by atoms with van der Waals surface area (Å²) in [6.45, 7) is 9.17. The maximum Gasteiger partial charge on any atom is 0.524 e. The van der Waals surface area contributed by atoms with Crippen molar-refractivity contribution < 1.29 is 23.2 Å². The Morgan fingerprint density at radius 3 is 2.21 bits per heavy atom. The standard InChI is InChI=1S/C13H22BFO4/c1-9(8-11(16)17-6)7-10(15)14-18-12(2,3)13(4,5)19-14/h7,9H,8H2,1-6H3. The summed E-state index contributed by atoms with van der Waals surface area (Å²) in [7, 11) is 0.300. The minimum absolute atomic E-state index is 0.128. The van der Waals surface area contributed by atoms with Crippen LogP contribution in [0, 0.1) is 5.92 Å². The van der Waals surface area contributed by atoms with Gasteiger partial charge in [-0.05, 0) is 33.6 Å². The van der Waals surface area contributed by atoms with Crippen molar-refractivity contribution >= 4 is 13.1 Å². The van der Waals surface area contributed by atoms with Gasteiger partial charge in [-0.25, -0.2) is 4.39 Å². The van der Waals surface area contributed by atoms with E-state index in [0.717, 1.165) is 0 Å². The smallest absolute Gasteiger partial charge is 0.469 e. The minimum atomic E-state index is -1.01. The molecule has 0 aromatic heterocycles. The molecule has 1 aliphatic heterocycles. The van der Waals surface area contributed by atoms with E-state index in [1.165, 1.54) is 13.2 Å². The monoisotopic (exact) mass is 272 g/mol. The maximum absolute atomic E-state index is 14.1. The van der Waals surface area contributed by atoms with Crippen LogP contribution in [0.2, 0.25) is 0 Å². The minimum Gasteiger partial charge on any atom is -0.469 e. The fourth-order valence-corrected chi connectivity index (χ4v) is 1.71. The average molecular weight is 272 g/mol. The van der Waals surface area contributed by atoms with Gasteiger partial charge in [0.05, 0.1) is 24.7 Å². The van der Waals surface area contributed by atoms with Crippen molar-refractivity contribution in [1.29, 1.82) is 0 Å². The van der Waals surface area contributed by atoms with Crippen molar-refractivity contribution in [1.82, 2.24) is 0 Å². The third kappa shape index (κ3) is 3.80. The summed E-state index contributed by atoms with van der Waals surface area (Å²) < 4.78 is 29.8. The topological polar surface area (TPSA) is 44.8 Å². The first kappa shape index (κ1) is 16.2. The van der Waals surface area contributed by atoms with Crippen LogP contribution in [-0.4, -0.2) is 31.4 Å². The summed E-state index contributed by atoms with van der Waals surface area (Å²) in [5, 5.41) is 0. The molecule has 0 radical (unpaired) electrons. The molecule has 1 heterocycles. The van der Waals surface area contributed by atoms with E-state index in [9.17, 15) is 9.18 Å². The number of allylic oxidation sites excluding steroid dienone is 1. The van der Waals surface area contributed by atoms with Crippen LogP contribution in [-0.2, 0) is 18.8 Å². The van der Waals surface area contributed by atoms with Gasteiger partial charge in [0.1, 0.15) is 5.73 Å². The van der Waals surface area contributed by atoms with Crippen LogP contribution in [0.4, 0.5) is 4.39 Å². The first-order valence-electron chi connectivity index (χ1n) is 6.38. The molecule has 19 heavy (non-hydrogen) atoms. The molecule has 1 unspecified atom stereocenters. The molecule has 0 aliphatic carbocycles. The van der Waals surface area contributed by atoms with E-state index >= 15 is 0 Å². The van der Waals surface area contributed by atoms with Crippen LogP contribution in [0.25, 0.3) is 0 Å². The molecule has 0 aromatic rings. The van der Waals surface area contributed by atoms with E-state index in [0.29, 0.717) is 0 Å². The molecule has 1 atom stereocenters. The molecule has 0 saturated carbocycles. The van der Waals surface area contributed by atoms with Gasteiger partial charge in [0, 0.05) is 0 Å². The molecular formula is C13H22BFO4.